The molecule has 0 aromatic heterocycles. The van der Waals surface area contributed by atoms with Crippen LogP contribution in [-0.2, 0) is 0 Å². The van der Waals surface area contributed by atoms with Crippen molar-refractivity contribution in [3.63, 3.8) is 0 Å². The van der Waals surface area contributed by atoms with Crippen LogP contribution in [0.5, 0.6) is 5.75 Å². The molecule has 0 radical (unpaired) electrons. The van der Waals surface area contributed by atoms with Crippen molar-refractivity contribution >= 4 is 5.91 Å². The number of amides is 1. The van der Waals surface area contributed by atoms with E-state index in [9.17, 15) is 4.79 Å². The van der Waals surface area contributed by atoms with Gasteiger partial charge in [0.1, 0.15) is 5.75 Å². The highest BCUT2D eigenvalue weighted by molar-refractivity contribution is 5.96. The third-order valence-corrected chi connectivity index (χ3v) is 2.31. The van der Waals surface area contributed by atoms with Gasteiger partial charge >= 0.3 is 0 Å². The Balaban J connectivity index is 2.71. The van der Waals surface area contributed by atoms with Crippen LogP contribution in [0.15, 0.2) is 24.3 Å². The first-order valence-corrected chi connectivity index (χ1v) is 6.19. The fourth-order valence-electron chi connectivity index (χ4n) is 1.48. The van der Waals surface area contributed by atoms with E-state index in [1.54, 1.807) is 6.07 Å². The van der Waals surface area contributed by atoms with Crippen molar-refractivity contribution in [2.45, 2.75) is 39.7 Å². The molecule has 0 saturated heterocycles. The summed E-state index contributed by atoms with van der Waals surface area (Å²) in [6, 6.07) is 7.34. The highest BCUT2D eigenvalue weighted by atomic mass is 16.5. The standard InChI is InChI=1S/C14H21NO2/c1-4-5-10-15-14(16)12-8-6-7-9-13(12)17-11(2)3/h6-9,11H,4-5,10H2,1-3H3,(H,15,16). The average molecular weight is 235 g/mol. The molecule has 3 nitrogen and oxygen atoms in total. The number of hydrogen-bond donors (Lipinski definition) is 1. The lowest BCUT2D eigenvalue weighted by atomic mass is 10.2. The molecule has 0 fully saturated rings. The normalized spacial score (nSPS) is 10.4. The van der Waals surface area contributed by atoms with Crippen LogP contribution in [0.25, 0.3) is 0 Å². The predicted molar refractivity (Wildman–Crippen MR) is 69.4 cm³/mol. The van der Waals surface area contributed by atoms with E-state index in [0.29, 0.717) is 17.9 Å². The Morgan fingerprint density at radius 1 is 1.35 bits per heavy atom. The monoisotopic (exact) mass is 235 g/mol. The van der Waals surface area contributed by atoms with Crippen LogP contribution < -0.4 is 10.1 Å². The van der Waals surface area contributed by atoms with Crippen molar-refractivity contribution in [2.24, 2.45) is 0 Å². The minimum Gasteiger partial charge on any atom is -0.490 e. The molecule has 0 heterocycles. The largest absolute Gasteiger partial charge is 0.490 e. The molecular formula is C14H21NO2. The van der Waals surface area contributed by atoms with Crippen LogP contribution in [0, 0.1) is 0 Å². The van der Waals surface area contributed by atoms with Gasteiger partial charge in [-0.25, -0.2) is 0 Å². The van der Waals surface area contributed by atoms with Crippen molar-refractivity contribution in [2.75, 3.05) is 6.54 Å². The molecule has 1 N–H and O–H groups in total. The maximum absolute atomic E-state index is 11.9. The summed E-state index contributed by atoms with van der Waals surface area (Å²) in [6.45, 7) is 6.71. The molecule has 0 aliphatic carbocycles. The quantitative estimate of drug-likeness (QED) is 0.770. The summed E-state index contributed by atoms with van der Waals surface area (Å²) in [5, 5.41) is 2.89. The first-order chi connectivity index (χ1) is 8.15. The van der Waals surface area contributed by atoms with Crippen molar-refractivity contribution in [3.8, 4) is 5.75 Å². The predicted octanol–water partition coefficient (Wildman–Crippen LogP) is 3.00. The fraction of sp³-hybridized carbons (Fsp3) is 0.500. The number of carbonyl (C=O) groups is 1. The number of ether oxygens (including phenoxy) is 1. The van der Waals surface area contributed by atoms with E-state index in [-0.39, 0.29) is 12.0 Å². The third kappa shape index (κ3) is 4.47. The van der Waals surface area contributed by atoms with Crippen molar-refractivity contribution in [1.82, 2.24) is 5.32 Å². The number of carbonyl (C=O) groups excluding carboxylic acids is 1. The molecular weight excluding hydrogens is 214 g/mol. The Bertz CT molecular complexity index is 361. The summed E-state index contributed by atoms with van der Waals surface area (Å²) in [6.07, 6.45) is 2.14. The van der Waals surface area contributed by atoms with Gasteiger partial charge in [-0.3, -0.25) is 4.79 Å². The second kappa shape index (κ2) is 6.94. The zero-order valence-electron chi connectivity index (χ0n) is 10.8. The molecule has 0 aliphatic rings. The summed E-state index contributed by atoms with van der Waals surface area (Å²) in [5.74, 6) is 0.589. The minimum absolute atomic E-state index is 0.0605. The molecule has 0 atom stereocenters. The first-order valence-electron chi connectivity index (χ1n) is 6.19. The van der Waals surface area contributed by atoms with Gasteiger partial charge in [-0.2, -0.15) is 0 Å². The number of para-hydroxylation sites is 1. The molecule has 1 amide bonds. The molecule has 1 aromatic carbocycles. The molecule has 1 rings (SSSR count). The number of benzene rings is 1. The van der Waals surface area contributed by atoms with Gasteiger partial charge in [-0.05, 0) is 32.4 Å². The van der Waals surface area contributed by atoms with Gasteiger partial charge in [-0.15, -0.1) is 0 Å². The molecule has 0 aliphatic heterocycles. The van der Waals surface area contributed by atoms with Gasteiger partial charge in [0.05, 0.1) is 11.7 Å². The number of nitrogens with one attached hydrogen (secondary N) is 1. The smallest absolute Gasteiger partial charge is 0.255 e. The Hall–Kier alpha value is -1.51. The highest BCUT2D eigenvalue weighted by Gasteiger charge is 2.11. The molecule has 0 spiro atoms. The van der Waals surface area contributed by atoms with Gasteiger partial charge in [0.25, 0.3) is 5.91 Å². The lowest BCUT2D eigenvalue weighted by molar-refractivity contribution is 0.0947. The van der Waals surface area contributed by atoms with E-state index in [4.69, 9.17) is 4.74 Å². The van der Waals surface area contributed by atoms with E-state index in [1.165, 1.54) is 0 Å². The number of hydrogen-bond acceptors (Lipinski definition) is 2. The zero-order chi connectivity index (χ0) is 12.7. The van der Waals surface area contributed by atoms with E-state index in [0.717, 1.165) is 12.8 Å². The second-order valence-electron chi connectivity index (χ2n) is 4.27. The lowest BCUT2D eigenvalue weighted by Crippen LogP contribution is -2.25. The van der Waals surface area contributed by atoms with E-state index >= 15 is 0 Å². The molecule has 3 heteroatoms. The maximum atomic E-state index is 11.9. The number of rotatable bonds is 6. The van der Waals surface area contributed by atoms with E-state index in [2.05, 4.69) is 12.2 Å². The summed E-state index contributed by atoms with van der Waals surface area (Å²) >= 11 is 0. The van der Waals surface area contributed by atoms with Gasteiger partial charge in [0, 0.05) is 6.54 Å². The van der Waals surface area contributed by atoms with Gasteiger partial charge in [0.2, 0.25) is 0 Å². The van der Waals surface area contributed by atoms with Crippen LogP contribution in [0.3, 0.4) is 0 Å². The van der Waals surface area contributed by atoms with Crippen molar-refractivity contribution < 1.29 is 9.53 Å². The van der Waals surface area contributed by atoms with Gasteiger partial charge in [-0.1, -0.05) is 25.5 Å². The Kier molecular flexibility index (Phi) is 5.53. The second-order valence-corrected chi connectivity index (χ2v) is 4.27. The SMILES string of the molecule is CCCCNC(=O)c1ccccc1OC(C)C. The van der Waals surface area contributed by atoms with Crippen LogP contribution in [0.2, 0.25) is 0 Å². The fourth-order valence-corrected chi connectivity index (χ4v) is 1.48. The van der Waals surface area contributed by atoms with E-state index < -0.39 is 0 Å². The molecule has 0 saturated carbocycles. The zero-order valence-corrected chi connectivity index (χ0v) is 10.8. The Morgan fingerprint density at radius 2 is 2.06 bits per heavy atom. The third-order valence-electron chi connectivity index (χ3n) is 2.31. The summed E-state index contributed by atoms with van der Waals surface area (Å²) < 4.78 is 5.61. The maximum Gasteiger partial charge on any atom is 0.255 e. The average Bonchev–Trinajstić information content (AvgIpc) is 2.29. The minimum atomic E-state index is -0.0605. The molecule has 0 unspecified atom stereocenters. The van der Waals surface area contributed by atoms with Crippen LogP contribution in [-0.4, -0.2) is 18.6 Å². The van der Waals surface area contributed by atoms with Crippen molar-refractivity contribution in [3.05, 3.63) is 29.8 Å². The topological polar surface area (TPSA) is 38.3 Å². The summed E-state index contributed by atoms with van der Waals surface area (Å²) in [5.41, 5.74) is 0.609. The Labute approximate surface area is 103 Å². The number of unbranched alkanes of at least 4 members (excludes halogenated alkanes) is 1. The first kappa shape index (κ1) is 13.6. The summed E-state index contributed by atoms with van der Waals surface area (Å²) in [7, 11) is 0. The summed E-state index contributed by atoms with van der Waals surface area (Å²) in [4.78, 5) is 11.9. The molecule has 17 heavy (non-hydrogen) atoms. The van der Waals surface area contributed by atoms with Crippen LogP contribution in [0.4, 0.5) is 0 Å². The van der Waals surface area contributed by atoms with Crippen LogP contribution >= 0.6 is 0 Å². The molecule has 0 bridgehead atoms. The van der Waals surface area contributed by atoms with Crippen molar-refractivity contribution in [1.29, 1.82) is 0 Å². The molecule has 94 valence electrons. The Morgan fingerprint density at radius 3 is 2.71 bits per heavy atom. The van der Waals surface area contributed by atoms with Gasteiger partial charge in [0.15, 0.2) is 0 Å². The highest BCUT2D eigenvalue weighted by Crippen LogP contribution is 2.19. The van der Waals surface area contributed by atoms with E-state index in [1.807, 2.05) is 32.0 Å². The van der Waals surface area contributed by atoms with Crippen LogP contribution in [0.1, 0.15) is 44.0 Å². The van der Waals surface area contributed by atoms with Gasteiger partial charge < -0.3 is 10.1 Å². The molecule has 1 aromatic rings. The lowest BCUT2D eigenvalue weighted by Gasteiger charge is -2.13.